The van der Waals surface area contributed by atoms with E-state index < -0.39 is 0 Å². The molecule has 2 heterocycles. The summed E-state index contributed by atoms with van der Waals surface area (Å²) in [5.41, 5.74) is 0.765. The molecule has 7 nitrogen and oxygen atoms in total. The number of piperazine rings is 1. The van der Waals surface area contributed by atoms with Crippen molar-refractivity contribution < 1.29 is 19.0 Å². The molecule has 1 N–H and O–H groups in total. The summed E-state index contributed by atoms with van der Waals surface area (Å²) in [6.07, 6.45) is 0. The summed E-state index contributed by atoms with van der Waals surface area (Å²) in [4.78, 5) is 17.9. The fourth-order valence-electron chi connectivity index (χ4n) is 3.97. The highest BCUT2D eigenvalue weighted by Crippen LogP contribution is 2.34. The smallest absolute Gasteiger partial charge is 0.235 e. The Morgan fingerprint density at radius 2 is 1.71 bits per heavy atom. The maximum atomic E-state index is 13.3. The van der Waals surface area contributed by atoms with Crippen LogP contribution in [0.4, 0.5) is 0 Å². The lowest BCUT2D eigenvalue weighted by Gasteiger charge is -2.34. The fraction of sp³-hybridized carbons (Fsp3) is 0.375. The summed E-state index contributed by atoms with van der Waals surface area (Å²) >= 11 is 0. The topological polar surface area (TPSA) is 75.4 Å². The van der Waals surface area contributed by atoms with Crippen molar-refractivity contribution in [2.75, 3.05) is 39.8 Å². The molecule has 1 aliphatic heterocycles. The largest absolute Gasteiger partial charge is 0.507 e. The van der Waals surface area contributed by atoms with E-state index in [1.54, 1.807) is 38.3 Å². The first-order valence-electron chi connectivity index (χ1n) is 10.6. The number of para-hydroxylation sites is 2. The van der Waals surface area contributed by atoms with Crippen LogP contribution < -0.4 is 14.9 Å². The average Bonchev–Trinajstić information content (AvgIpc) is 2.79. The Morgan fingerprint density at radius 3 is 2.39 bits per heavy atom. The molecule has 0 saturated carbocycles. The van der Waals surface area contributed by atoms with E-state index in [1.807, 2.05) is 12.1 Å². The molecular weight excluding hydrogens is 396 g/mol. The minimum absolute atomic E-state index is 0.116. The Kier molecular flexibility index (Phi) is 6.15. The van der Waals surface area contributed by atoms with Gasteiger partial charge in [-0.3, -0.25) is 9.69 Å². The maximum Gasteiger partial charge on any atom is 0.235 e. The molecule has 0 atom stereocenters. The molecule has 0 unspecified atom stereocenters. The quantitative estimate of drug-likeness (QED) is 0.646. The zero-order valence-electron chi connectivity index (χ0n) is 18.2. The number of hydrogen-bond donors (Lipinski definition) is 1. The number of fused-ring (bicyclic) bond motifs is 1. The number of methoxy groups -OCH3 is 1. The van der Waals surface area contributed by atoms with Gasteiger partial charge in [-0.2, -0.15) is 0 Å². The Bertz CT molecular complexity index is 1130. The molecule has 4 rings (SSSR count). The van der Waals surface area contributed by atoms with E-state index in [0.717, 1.165) is 32.7 Å². The van der Waals surface area contributed by atoms with Crippen molar-refractivity contribution in [3.05, 3.63) is 57.9 Å². The molecule has 1 fully saturated rings. The molecule has 1 aromatic heterocycles. The Balaban J connectivity index is 1.70. The van der Waals surface area contributed by atoms with E-state index >= 15 is 0 Å². The van der Waals surface area contributed by atoms with Gasteiger partial charge in [0.2, 0.25) is 11.2 Å². The number of aryl methyl sites for hydroxylation is 1. The lowest BCUT2D eigenvalue weighted by Crippen LogP contribution is -2.45. The van der Waals surface area contributed by atoms with Crippen LogP contribution in [0, 0.1) is 6.92 Å². The first-order valence-corrected chi connectivity index (χ1v) is 10.6. The van der Waals surface area contributed by atoms with Crippen molar-refractivity contribution in [1.29, 1.82) is 0 Å². The summed E-state index contributed by atoms with van der Waals surface area (Å²) in [5, 5.41) is 10.9. The number of benzene rings is 2. The highest BCUT2D eigenvalue weighted by molar-refractivity contribution is 5.83. The first-order chi connectivity index (χ1) is 15.0. The number of phenolic OH excluding ortho intramolecular Hbond substituents is 1. The van der Waals surface area contributed by atoms with Gasteiger partial charge in [0, 0.05) is 32.7 Å². The van der Waals surface area contributed by atoms with Crippen molar-refractivity contribution in [1.82, 2.24) is 9.80 Å². The van der Waals surface area contributed by atoms with E-state index in [0.29, 0.717) is 40.3 Å². The second-order valence-electron chi connectivity index (χ2n) is 7.72. The SMILES string of the molecule is CCN1CCN(Cc2c(O)ccc3c(=O)c(Oc4ccccc4OC)c(C)oc23)CC1. The van der Waals surface area contributed by atoms with Crippen LogP contribution >= 0.6 is 0 Å². The van der Waals surface area contributed by atoms with Gasteiger partial charge in [0.25, 0.3) is 0 Å². The number of aromatic hydroxyl groups is 1. The second kappa shape index (κ2) is 8.99. The molecule has 0 radical (unpaired) electrons. The summed E-state index contributed by atoms with van der Waals surface area (Å²) in [6, 6.07) is 10.3. The standard InChI is InChI=1S/C24H28N2O5/c1-4-25-11-13-26(14-12-25)15-18-19(27)10-9-17-22(28)23(16(2)30-24(17)18)31-21-8-6-5-7-20(21)29-3/h5-10,27H,4,11-15H2,1-3H3. The van der Waals surface area contributed by atoms with Crippen LogP contribution in [0.15, 0.2) is 45.6 Å². The van der Waals surface area contributed by atoms with Gasteiger partial charge < -0.3 is 23.9 Å². The summed E-state index contributed by atoms with van der Waals surface area (Å²) < 4.78 is 17.3. The molecular formula is C24H28N2O5. The van der Waals surface area contributed by atoms with Crippen LogP contribution in [0.2, 0.25) is 0 Å². The number of likely N-dealkylation sites (N-methyl/N-ethyl adjacent to an activating group) is 1. The van der Waals surface area contributed by atoms with Crippen molar-refractivity contribution in [2.45, 2.75) is 20.4 Å². The van der Waals surface area contributed by atoms with Crippen LogP contribution in [0.25, 0.3) is 11.0 Å². The molecule has 1 aliphatic rings. The molecule has 3 aromatic rings. The van der Waals surface area contributed by atoms with E-state index in [4.69, 9.17) is 13.9 Å². The van der Waals surface area contributed by atoms with Gasteiger partial charge in [0.15, 0.2) is 11.5 Å². The fourth-order valence-corrected chi connectivity index (χ4v) is 3.97. The summed E-state index contributed by atoms with van der Waals surface area (Å²) in [6.45, 7) is 9.20. The van der Waals surface area contributed by atoms with E-state index in [-0.39, 0.29) is 16.9 Å². The normalized spacial score (nSPS) is 15.3. The third kappa shape index (κ3) is 4.24. The first kappa shape index (κ1) is 21.2. The molecule has 7 heteroatoms. The number of rotatable bonds is 6. The van der Waals surface area contributed by atoms with E-state index in [9.17, 15) is 9.90 Å². The van der Waals surface area contributed by atoms with Gasteiger partial charge in [-0.1, -0.05) is 19.1 Å². The molecule has 0 spiro atoms. The van der Waals surface area contributed by atoms with E-state index in [2.05, 4.69) is 16.7 Å². The van der Waals surface area contributed by atoms with Crippen LogP contribution in [-0.2, 0) is 6.54 Å². The maximum absolute atomic E-state index is 13.3. The molecule has 0 amide bonds. The van der Waals surface area contributed by atoms with Crippen molar-refractivity contribution >= 4 is 11.0 Å². The molecule has 0 bridgehead atoms. The van der Waals surface area contributed by atoms with Gasteiger partial charge in [-0.05, 0) is 37.7 Å². The van der Waals surface area contributed by atoms with Crippen molar-refractivity contribution in [2.24, 2.45) is 0 Å². The monoisotopic (exact) mass is 424 g/mol. The van der Waals surface area contributed by atoms with E-state index in [1.165, 1.54) is 0 Å². The van der Waals surface area contributed by atoms with Crippen molar-refractivity contribution in [3.63, 3.8) is 0 Å². The molecule has 31 heavy (non-hydrogen) atoms. The predicted octanol–water partition coefficient (Wildman–Crippen LogP) is 3.75. The van der Waals surface area contributed by atoms with Gasteiger partial charge in [-0.15, -0.1) is 0 Å². The Morgan fingerprint density at radius 1 is 1.03 bits per heavy atom. The van der Waals surface area contributed by atoms with Gasteiger partial charge in [-0.25, -0.2) is 0 Å². The van der Waals surface area contributed by atoms with Crippen LogP contribution in [0.1, 0.15) is 18.2 Å². The number of hydrogen-bond acceptors (Lipinski definition) is 7. The highest BCUT2D eigenvalue weighted by atomic mass is 16.5. The lowest BCUT2D eigenvalue weighted by atomic mass is 10.1. The third-order valence-electron chi connectivity index (χ3n) is 5.84. The minimum atomic E-state index is -0.276. The minimum Gasteiger partial charge on any atom is -0.507 e. The highest BCUT2D eigenvalue weighted by Gasteiger charge is 2.22. The number of phenols is 1. The predicted molar refractivity (Wildman–Crippen MR) is 119 cm³/mol. The summed E-state index contributed by atoms with van der Waals surface area (Å²) in [7, 11) is 1.55. The third-order valence-corrected chi connectivity index (χ3v) is 5.84. The molecule has 0 aliphatic carbocycles. The molecule has 1 saturated heterocycles. The van der Waals surface area contributed by atoms with Crippen LogP contribution in [0.5, 0.6) is 23.0 Å². The van der Waals surface area contributed by atoms with Crippen molar-refractivity contribution in [3.8, 4) is 23.0 Å². The number of ether oxygens (including phenoxy) is 2. The zero-order chi connectivity index (χ0) is 22.0. The van der Waals surface area contributed by atoms with Gasteiger partial charge >= 0.3 is 0 Å². The number of nitrogens with zero attached hydrogens (tertiary/aromatic N) is 2. The Hall–Kier alpha value is -3.03. The lowest BCUT2D eigenvalue weighted by molar-refractivity contribution is 0.131. The molecule has 2 aromatic carbocycles. The van der Waals surface area contributed by atoms with Gasteiger partial charge in [0.05, 0.1) is 18.1 Å². The van der Waals surface area contributed by atoms with Crippen LogP contribution in [0.3, 0.4) is 0 Å². The van der Waals surface area contributed by atoms with Gasteiger partial charge in [0.1, 0.15) is 17.1 Å². The van der Waals surface area contributed by atoms with Crippen LogP contribution in [-0.4, -0.2) is 54.7 Å². The zero-order valence-corrected chi connectivity index (χ0v) is 18.2. The average molecular weight is 424 g/mol. The second-order valence-corrected chi connectivity index (χ2v) is 7.72. The summed E-state index contributed by atoms with van der Waals surface area (Å²) in [5.74, 6) is 1.56. The molecule has 164 valence electrons. The Labute approximate surface area is 181 Å².